The fourth-order valence-corrected chi connectivity index (χ4v) is 3.08. The SMILES string of the molecule is Cc1ccc(C2C3=C(COC3=O)Nc3n[nH]c(C)c32)cc1. The van der Waals surface area contributed by atoms with Crippen molar-refractivity contribution in [2.75, 3.05) is 11.9 Å². The molecular weight excluding hydrogens is 266 g/mol. The summed E-state index contributed by atoms with van der Waals surface area (Å²) in [5.41, 5.74) is 5.80. The Hall–Kier alpha value is -2.56. The van der Waals surface area contributed by atoms with Crippen molar-refractivity contribution in [1.29, 1.82) is 0 Å². The molecule has 21 heavy (non-hydrogen) atoms. The zero-order chi connectivity index (χ0) is 14.6. The minimum absolute atomic E-state index is 0.120. The molecule has 3 heterocycles. The molecule has 0 saturated heterocycles. The Morgan fingerprint density at radius 3 is 2.76 bits per heavy atom. The van der Waals surface area contributed by atoms with Crippen LogP contribution in [-0.2, 0) is 9.53 Å². The number of benzene rings is 1. The second-order valence-corrected chi connectivity index (χ2v) is 5.55. The first-order valence-corrected chi connectivity index (χ1v) is 6.94. The van der Waals surface area contributed by atoms with E-state index in [2.05, 4.69) is 46.7 Å². The zero-order valence-electron chi connectivity index (χ0n) is 11.9. The van der Waals surface area contributed by atoms with Gasteiger partial charge >= 0.3 is 5.97 Å². The molecule has 2 aromatic rings. The Bertz CT molecular complexity index is 771. The molecule has 0 bridgehead atoms. The number of hydrogen-bond donors (Lipinski definition) is 2. The number of H-pyrrole nitrogens is 1. The minimum atomic E-state index is -0.241. The lowest BCUT2D eigenvalue weighted by Crippen LogP contribution is -2.19. The predicted molar refractivity (Wildman–Crippen MR) is 78.0 cm³/mol. The molecule has 106 valence electrons. The van der Waals surface area contributed by atoms with Crippen molar-refractivity contribution in [2.24, 2.45) is 0 Å². The number of rotatable bonds is 1. The summed E-state index contributed by atoms with van der Waals surface area (Å²) in [5.74, 6) is 0.426. The van der Waals surface area contributed by atoms with Crippen LogP contribution in [0.25, 0.3) is 0 Å². The number of cyclic esters (lactones) is 1. The number of hydrogen-bond acceptors (Lipinski definition) is 4. The van der Waals surface area contributed by atoms with Gasteiger partial charge < -0.3 is 10.1 Å². The van der Waals surface area contributed by atoms with Crippen molar-refractivity contribution >= 4 is 11.8 Å². The molecule has 2 aliphatic rings. The molecule has 5 heteroatoms. The first kappa shape index (κ1) is 12.2. The van der Waals surface area contributed by atoms with Gasteiger partial charge in [0.1, 0.15) is 6.61 Å². The van der Waals surface area contributed by atoms with Gasteiger partial charge in [0.2, 0.25) is 0 Å². The number of anilines is 1. The third-order valence-electron chi connectivity index (χ3n) is 4.14. The Balaban J connectivity index is 1.94. The molecule has 2 N–H and O–H groups in total. The maximum Gasteiger partial charge on any atom is 0.337 e. The maximum atomic E-state index is 12.2. The summed E-state index contributed by atoms with van der Waals surface area (Å²) in [6, 6.07) is 8.26. The van der Waals surface area contributed by atoms with Crippen molar-refractivity contribution in [2.45, 2.75) is 19.8 Å². The molecule has 1 aromatic carbocycles. The third kappa shape index (κ3) is 1.70. The Morgan fingerprint density at radius 1 is 1.24 bits per heavy atom. The summed E-state index contributed by atoms with van der Waals surface area (Å²) in [5, 5.41) is 10.5. The van der Waals surface area contributed by atoms with Gasteiger partial charge in [-0.1, -0.05) is 29.8 Å². The summed E-state index contributed by atoms with van der Waals surface area (Å²) in [6.45, 7) is 4.32. The fourth-order valence-electron chi connectivity index (χ4n) is 3.08. The largest absolute Gasteiger partial charge is 0.456 e. The summed E-state index contributed by atoms with van der Waals surface area (Å²) >= 11 is 0. The van der Waals surface area contributed by atoms with Crippen molar-refractivity contribution in [3.63, 3.8) is 0 Å². The van der Waals surface area contributed by atoms with Gasteiger partial charge in [0.05, 0.1) is 11.3 Å². The zero-order valence-corrected chi connectivity index (χ0v) is 11.9. The highest BCUT2D eigenvalue weighted by Crippen LogP contribution is 2.44. The van der Waals surface area contributed by atoms with E-state index in [4.69, 9.17) is 4.74 Å². The van der Waals surface area contributed by atoms with Gasteiger partial charge in [-0.05, 0) is 19.4 Å². The number of esters is 1. The quantitative estimate of drug-likeness (QED) is 0.788. The van der Waals surface area contributed by atoms with Crippen LogP contribution in [0.15, 0.2) is 35.5 Å². The van der Waals surface area contributed by atoms with E-state index in [0.717, 1.165) is 28.3 Å². The molecular formula is C16H15N3O2. The summed E-state index contributed by atoms with van der Waals surface area (Å²) in [6.07, 6.45) is 0. The first-order valence-electron chi connectivity index (χ1n) is 6.94. The number of carbonyl (C=O) groups is 1. The van der Waals surface area contributed by atoms with E-state index in [-0.39, 0.29) is 11.9 Å². The molecule has 1 aromatic heterocycles. The maximum absolute atomic E-state index is 12.2. The summed E-state index contributed by atoms with van der Waals surface area (Å²) in [7, 11) is 0. The predicted octanol–water partition coefficient (Wildman–Crippen LogP) is 2.39. The molecule has 0 amide bonds. The Labute approximate surface area is 122 Å². The number of aryl methyl sites for hydroxylation is 2. The summed E-state index contributed by atoms with van der Waals surface area (Å²) < 4.78 is 5.20. The van der Waals surface area contributed by atoms with Gasteiger partial charge in [-0.15, -0.1) is 0 Å². The van der Waals surface area contributed by atoms with Crippen LogP contribution < -0.4 is 5.32 Å². The standard InChI is InChI=1S/C16H15N3O2/c1-8-3-5-10(6-4-8)13-12-9(2)18-19-15(12)17-11-7-21-16(20)14(11)13/h3-6,13H,7H2,1-2H3,(H2,17,18,19). The fraction of sp³-hybridized carbons (Fsp3) is 0.250. The second-order valence-electron chi connectivity index (χ2n) is 5.55. The number of aromatic amines is 1. The number of carbonyl (C=O) groups excluding carboxylic acids is 1. The van der Waals surface area contributed by atoms with Crippen LogP contribution in [-0.4, -0.2) is 22.8 Å². The van der Waals surface area contributed by atoms with Crippen molar-refractivity contribution in [3.05, 3.63) is 57.9 Å². The molecule has 0 spiro atoms. The lowest BCUT2D eigenvalue weighted by molar-refractivity contribution is -0.136. The van der Waals surface area contributed by atoms with E-state index in [9.17, 15) is 4.79 Å². The van der Waals surface area contributed by atoms with E-state index < -0.39 is 0 Å². The molecule has 2 aliphatic heterocycles. The average Bonchev–Trinajstić information content (AvgIpc) is 3.03. The number of nitrogens with one attached hydrogen (secondary N) is 2. The second kappa shape index (κ2) is 4.22. The number of fused-ring (bicyclic) bond motifs is 1. The smallest absolute Gasteiger partial charge is 0.337 e. The van der Waals surface area contributed by atoms with Crippen LogP contribution in [0.3, 0.4) is 0 Å². The van der Waals surface area contributed by atoms with E-state index in [1.54, 1.807) is 0 Å². The molecule has 4 rings (SSSR count). The van der Waals surface area contributed by atoms with Gasteiger partial charge in [-0.2, -0.15) is 5.10 Å². The van der Waals surface area contributed by atoms with E-state index >= 15 is 0 Å². The van der Waals surface area contributed by atoms with Crippen LogP contribution in [0.2, 0.25) is 0 Å². The molecule has 0 saturated carbocycles. The van der Waals surface area contributed by atoms with E-state index in [0.29, 0.717) is 12.2 Å². The normalized spacial score (nSPS) is 19.9. The van der Waals surface area contributed by atoms with Crippen LogP contribution in [0.5, 0.6) is 0 Å². The Morgan fingerprint density at radius 2 is 2.00 bits per heavy atom. The first-order chi connectivity index (χ1) is 10.1. The average molecular weight is 281 g/mol. The van der Waals surface area contributed by atoms with Gasteiger partial charge in [-0.3, -0.25) is 5.10 Å². The van der Waals surface area contributed by atoms with Crippen LogP contribution in [0.4, 0.5) is 5.82 Å². The van der Waals surface area contributed by atoms with Crippen molar-refractivity contribution in [3.8, 4) is 0 Å². The highest BCUT2D eigenvalue weighted by atomic mass is 16.5. The van der Waals surface area contributed by atoms with Gasteiger partial charge in [0.25, 0.3) is 0 Å². The minimum Gasteiger partial charge on any atom is -0.456 e. The molecule has 1 unspecified atom stereocenters. The van der Waals surface area contributed by atoms with Crippen molar-refractivity contribution in [1.82, 2.24) is 10.2 Å². The molecule has 5 nitrogen and oxygen atoms in total. The van der Waals surface area contributed by atoms with Crippen LogP contribution in [0, 0.1) is 13.8 Å². The lowest BCUT2D eigenvalue weighted by atomic mass is 9.82. The molecule has 0 fully saturated rings. The molecule has 0 radical (unpaired) electrons. The monoisotopic (exact) mass is 281 g/mol. The third-order valence-corrected chi connectivity index (χ3v) is 4.14. The van der Waals surface area contributed by atoms with Crippen molar-refractivity contribution < 1.29 is 9.53 Å². The molecule has 0 aliphatic carbocycles. The van der Waals surface area contributed by atoms with Gasteiger partial charge in [-0.25, -0.2) is 4.79 Å². The molecule has 1 atom stereocenters. The van der Waals surface area contributed by atoms with Gasteiger partial charge in [0, 0.05) is 17.2 Å². The van der Waals surface area contributed by atoms with E-state index in [1.165, 1.54) is 5.56 Å². The number of ether oxygens (including phenoxy) is 1. The number of aromatic nitrogens is 2. The summed E-state index contributed by atoms with van der Waals surface area (Å²) in [4.78, 5) is 12.2. The topological polar surface area (TPSA) is 67.0 Å². The highest BCUT2D eigenvalue weighted by molar-refractivity contribution is 5.97. The van der Waals surface area contributed by atoms with E-state index in [1.807, 2.05) is 6.92 Å². The Kier molecular flexibility index (Phi) is 2.45. The van der Waals surface area contributed by atoms with Gasteiger partial charge in [0.15, 0.2) is 5.82 Å². The lowest BCUT2D eigenvalue weighted by Gasteiger charge is -2.24. The highest BCUT2D eigenvalue weighted by Gasteiger charge is 2.40. The number of nitrogens with zero attached hydrogens (tertiary/aromatic N) is 1. The van der Waals surface area contributed by atoms with Crippen LogP contribution >= 0.6 is 0 Å². The van der Waals surface area contributed by atoms with Crippen LogP contribution in [0.1, 0.15) is 28.3 Å².